The molecule has 1 heterocycles. The van der Waals surface area contributed by atoms with Crippen LogP contribution in [0.3, 0.4) is 0 Å². The maximum absolute atomic E-state index is 13.5. The minimum Gasteiger partial charge on any atom is -0.488 e. The number of rotatable bonds is 7. The Hall–Kier alpha value is -3.29. The molecule has 0 radical (unpaired) electrons. The molecule has 2 aromatic carbocycles. The van der Waals surface area contributed by atoms with Crippen molar-refractivity contribution in [2.45, 2.75) is 52.8 Å². The second-order valence-electron chi connectivity index (χ2n) is 9.24. The molecule has 0 aliphatic heterocycles. The first kappa shape index (κ1) is 24.4. The molecule has 2 N–H and O–H groups in total. The van der Waals surface area contributed by atoms with Gasteiger partial charge in [0.2, 0.25) is 5.95 Å². The van der Waals surface area contributed by atoms with Crippen LogP contribution in [0.1, 0.15) is 45.7 Å². The summed E-state index contributed by atoms with van der Waals surface area (Å²) in [4.78, 5) is 7.96. The van der Waals surface area contributed by atoms with Gasteiger partial charge in [0.05, 0.1) is 0 Å². The van der Waals surface area contributed by atoms with E-state index < -0.39 is 11.7 Å². The van der Waals surface area contributed by atoms with Gasteiger partial charge in [-0.25, -0.2) is 4.98 Å². The molecule has 0 amide bonds. The largest absolute Gasteiger partial charge is 0.488 e. The number of nitrogens with zero attached hydrogens (tertiary/aromatic N) is 2. The molecule has 0 atom stereocenters. The topological polar surface area (TPSA) is 59.1 Å². The van der Waals surface area contributed by atoms with E-state index in [1.165, 1.54) is 5.56 Å². The van der Waals surface area contributed by atoms with Crippen molar-refractivity contribution in [3.63, 3.8) is 0 Å². The van der Waals surface area contributed by atoms with E-state index in [1.54, 1.807) is 24.3 Å². The molecule has 0 aliphatic carbocycles. The van der Waals surface area contributed by atoms with Gasteiger partial charge in [-0.2, -0.15) is 18.2 Å². The van der Waals surface area contributed by atoms with Gasteiger partial charge < -0.3 is 15.4 Å². The molecular formula is C25H29F3N4O. The Kier molecular flexibility index (Phi) is 7.15. The normalized spacial score (nSPS) is 12.0. The zero-order chi connectivity index (χ0) is 24.2. The number of hydrogen-bond donors (Lipinski definition) is 2. The predicted molar refractivity (Wildman–Crippen MR) is 125 cm³/mol. The molecular weight excluding hydrogens is 429 g/mol. The quantitative estimate of drug-likeness (QED) is 0.387. The summed E-state index contributed by atoms with van der Waals surface area (Å²) in [6.45, 7) is 10.0. The van der Waals surface area contributed by atoms with E-state index >= 15 is 0 Å². The van der Waals surface area contributed by atoms with Crippen molar-refractivity contribution in [1.29, 1.82) is 0 Å². The van der Waals surface area contributed by atoms with Crippen molar-refractivity contribution in [2.24, 2.45) is 5.92 Å². The maximum Gasteiger partial charge on any atom is 0.421 e. The lowest BCUT2D eigenvalue weighted by atomic mass is 10.0. The zero-order valence-electron chi connectivity index (χ0n) is 19.4. The van der Waals surface area contributed by atoms with Gasteiger partial charge in [0.25, 0.3) is 0 Å². The maximum atomic E-state index is 13.5. The molecule has 1 aromatic heterocycles. The minimum absolute atomic E-state index is 0.0646. The van der Waals surface area contributed by atoms with Crippen molar-refractivity contribution in [1.82, 2.24) is 9.97 Å². The highest BCUT2D eigenvalue weighted by molar-refractivity contribution is 5.63. The smallest absolute Gasteiger partial charge is 0.421 e. The van der Waals surface area contributed by atoms with Gasteiger partial charge >= 0.3 is 6.18 Å². The monoisotopic (exact) mass is 458 g/mol. The SMILES string of the molecule is CC(C)Cc1ccc(Nc2ncc(C(F)(F)F)c(Nc3ccc(OC(C)(C)C)cc3)n2)cc1. The molecule has 0 saturated carbocycles. The molecule has 33 heavy (non-hydrogen) atoms. The number of anilines is 4. The van der Waals surface area contributed by atoms with Crippen LogP contribution in [0.2, 0.25) is 0 Å². The fourth-order valence-electron chi connectivity index (χ4n) is 3.17. The van der Waals surface area contributed by atoms with E-state index in [2.05, 4.69) is 34.4 Å². The minimum atomic E-state index is -4.60. The Balaban J connectivity index is 1.82. The number of ether oxygens (including phenoxy) is 1. The fourth-order valence-corrected chi connectivity index (χ4v) is 3.17. The highest BCUT2D eigenvalue weighted by atomic mass is 19.4. The first-order valence-electron chi connectivity index (χ1n) is 10.8. The summed E-state index contributed by atoms with van der Waals surface area (Å²) in [5.74, 6) is 0.885. The van der Waals surface area contributed by atoms with E-state index in [-0.39, 0.29) is 17.4 Å². The van der Waals surface area contributed by atoms with Crippen molar-refractivity contribution in [3.8, 4) is 5.75 Å². The number of nitrogens with one attached hydrogen (secondary N) is 2. The highest BCUT2D eigenvalue weighted by Crippen LogP contribution is 2.35. The summed E-state index contributed by atoms with van der Waals surface area (Å²) in [6, 6.07) is 14.4. The molecule has 3 aromatic rings. The lowest BCUT2D eigenvalue weighted by Crippen LogP contribution is -2.22. The summed E-state index contributed by atoms with van der Waals surface area (Å²) in [6.07, 6.45) is -2.87. The average Bonchev–Trinajstić information content (AvgIpc) is 2.69. The summed E-state index contributed by atoms with van der Waals surface area (Å²) in [7, 11) is 0. The number of aromatic nitrogens is 2. The molecule has 0 bridgehead atoms. The van der Waals surface area contributed by atoms with E-state index in [0.29, 0.717) is 23.0 Å². The molecule has 0 spiro atoms. The lowest BCUT2D eigenvalue weighted by molar-refractivity contribution is -0.137. The molecule has 0 aliphatic rings. The van der Waals surface area contributed by atoms with Gasteiger partial charge in [-0.15, -0.1) is 0 Å². The third-order valence-electron chi connectivity index (χ3n) is 4.49. The van der Waals surface area contributed by atoms with E-state index in [9.17, 15) is 13.2 Å². The third-order valence-corrected chi connectivity index (χ3v) is 4.49. The molecule has 176 valence electrons. The predicted octanol–water partition coefficient (Wildman–Crippen LogP) is 7.36. The highest BCUT2D eigenvalue weighted by Gasteiger charge is 2.35. The molecule has 0 saturated heterocycles. The Morgan fingerprint density at radius 2 is 1.45 bits per heavy atom. The second-order valence-corrected chi connectivity index (χ2v) is 9.24. The van der Waals surface area contributed by atoms with Gasteiger partial charge in [0, 0.05) is 17.6 Å². The number of hydrogen-bond acceptors (Lipinski definition) is 5. The van der Waals surface area contributed by atoms with E-state index in [4.69, 9.17) is 4.74 Å². The van der Waals surface area contributed by atoms with Gasteiger partial charge in [0.15, 0.2) is 0 Å². The molecule has 3 rings (SSSR count). The van der Waals surface area contributed by atoms with Gasteiger partial charge in [0.1, 0.15) is 22.7 Å². The van der Waals surface area contributed by atoms with Crippen LogP contribution >= 0.6 is 0 Å². The van der Waals surface area contributed by atoms with Crippen LogP contribution in [0.4, 0.5) is 36.3 Å². The zero-order valence-corrected chi connectivity index (χ0v) is 19.4. The summed E-state index contributed by atoms with van der Waals surface area (Å²) in [5.41, 5.74) is 1.00. The molecule has 0 fully saturated rings. The van der Waals surface area contributed by atoms with Crippen molar-refractivity contribution < 1.29 is 17.9 Å². The van der Waals surface area contributed by atoms with Crippen LogP contribution in [0, 0.1) is 5.92 Å². The Bertz CT molecular complexity index is 1060. The van der Waals surface area contributed by atoms with E-state index in [0.717, 1.165) is 12.6 Å². The van der Waals surface area contributed by atoms with Gasteiger partial charge in [-0.3, -0.25) is 0 Å². The van der Waals surface area contributed by atoms with Crippen molar-refractivity contribution >= 4 is 23.1 Å². The molecule has 0 unspecified atom stereocenters. The third kappa shape index (κ3) is 7.37. The van der Waals surface area contributed by atoms with Crippen LogP contribution in [0.15, 0.2) is 54.7 Å². The first-order valence-corrected chi connectivity index (χ1v) is 10.8. The van der Waals surface area contributed by atoms with Crippen molar-refractivity contribution in [3.05, 3.63) is 65.9 Å². The van der Waals surface area contributed by atoms with Crippen LogP contribution < -0.4 is 15.4 Å². The van der Waals surface area contributed by atoms with Gasteiger partial charge in [-0.05, 0) is 75.1 Å². The summed E-state index contributed by atoms with van der Waals surface area (Å²) in [5, 5.41) is 5.73. The lowest BCUT2D eigenvalue weighted by Gasteiger charge is -2.21. The fraction of sp³-hybridized carbons (Fsp3) is 0.360. The molecule has 8 heteroatoms. The summed E-state index contributed by atoms with van der Waals surface area (Å²) >= 11 is 0. The Labute approximate surface area is 192 Å². The second kappa shape index (κ2) is 9.68. The molecule has 5 nitrogen and oxygen atoms in total. The average molecular weight is 459 g/mol. The number of benzene rings is 2. The number of alkyl halides is 3. The van der Waals surface area contributed by atoms with Crippen LogP contribution in [0.5, 0.6) is 5.75 Å². The van der Waals surface area contributed by atoms with Crippen LogP contribution in [0.25, 0.3) is 0 Å². The van der Waals surface area contributed by atoms with Crippen LogP contribution in [-0.4, -0.2) is 15.6 Å². The summed E-state index contributed by atoms with van der Waals surface area (Å²) < 4.78 is 46.4. The first-order chi connectivity index (χ1) is 15.4. The Morgan fingerprint density at radius 1 is 0.879 bits per heavy atom. The van der Waals surface area contributed by atoms with Gasteiger partial charge in [-0.1, -0.05) is 26.0 Å². The van der Waals surface area contributed by atoms with Crippen LogP contribution in [-0.2, 0) is 12.6 Å². The Morgan fingerprint density at radius 3 is 2.00 bits per heavy atom. The standard InChI is InChI=1S/C25H29F3N4O/c1-16(2)14-17-6-8-19(9-7-17)31-23-29-15-21(25(26,27)28)22(32-23)30-18-10-12-20(13-11-18)33-24(3,4)5/h6-13,15-16H,14H2,1-5H3,(H2,29,30,31,32). The van der Waals surface area contributed by atoms with E-state index in [1.807, 2.05) is 45.0 Å². The van der Waals surface area contributed by atoms with Crippen molar-refractivity contribution in [2.75, 3.05) is 10.6 Å². The number of halogens is 3.